The third-order valence-electron chi connectivity index (χ3n) is 10.2. The van der Waals surface area contributed by atoms with Crippen LogP contribution in [0.1, 0.15) is 119 Å². The van der Waals surface area contributed by atoms with Gasteiger partial charge in [0.2, 0.25) is 41.4 Å². The number of likely N-dealkylation sites (tertiary alicyclic amines) is 1. The van der Waals surface area contributed by atoms with Crippen molar-refractivity contribution in [3.05, 3.63) is 0 Å². The Bertz CT molecular complexity index is 1400. The fourth-order valence-corrected chi connectivity index (χ4v) is 6.67. The number of unbranched alkanes of at least 4 members (excludes halogenated alkanes) is 2. The van der Waals surface area contributed by atoms with Gasteiger partial charge in [0.05, 0.1) is 12.1 Å². The molecule has 7 amide bonds. The summed E-state index contributed by atoms with van der Waals surface area (Å²) >= 11 is 0. The van der Waals surface area contributed by atoms with Crippen molar-refractivity contribution in [3.8, 4) is 0 Å². The van der Waals surface area contributed by atoms with Gasteiger partial charge in [0, 0.05) is 13.0 Å². The number of aliphatic hydroxyl groups is 1. The molecule has 0 saturated carbocycles. The molecule has 0 aromatic rings. The van der Waals surface area contributed by atoms with Gasteiger partial charge in [-0.15, -0.1) is 0 Å². The largest absolute Gasteiger partial charge is 0.480 e. The number of nitrogens with zero attached hydrogens (tertiary/aromatic N) is 1. The Kier molecular flexibility index (Phi) is 23.1. The first-order chi connectivity index (χ1) is 27.1. The normalized spacial score (nSPS) is 18.2. The average molecular weight is 826 g/mol. The first-order valence-corrected chi connectivity index (χ1v) is 20.6. The molecule has 0 aliphatic carbocycles. The lowest BCUT2D eigenvalue weighted by molar-refractivity contribution is -0.145. The second-order valence-corrected chi connectivity index (χ2v) is 16.3. The van der Waals surface area contributed by atoms with E-state index < -0.39 is 102 Å². The van der Waals surface area contributed by atoms with E-state index in [1.165, 1.54) is 11.8 Å². The van der Waals surface area contributed by atoms with Gasteiger partial charge in [-0.3, -0.25) is 33.6 Å². The van der Waals surface area contributed by atoms with Gasteiger partial charge in [-0.1, -0.05) is 60.8 Å². The number of amides is 7. The van der Waals surface area contributed by atoms with Gasteiger partial charge < -0.3 is 58.9 Å². The Labute approximate surface area is 342 Å². The van der Waals surface area contributed by atoms with E-state index >= 15 is 0 Å². The van der Waals surface area contributed by atoms with E-state index in [0.717, 1.165) is 0 Å². The van der Waals surface area contributed by atoms with Crippen molar-refractivity contribution in [2.75, 3.05) is 13.1 Å². The highest BCUT2D eigenvalue weighted by atomic mass is 16.4. The highest BCUT2D eigenvalue weighted by Gasteiger charge is 2.40. The molecular formula is C39H71N9O10. The number of hydrogen-bond donors (Lipinski definition) is 10. The molecule has 19 heteroatoms. The van der Waals surface area contributed by atoms with E-state index in [0.29, 0.717) is 38.6 Å². The van der Waals surface area contributed by atoms with Crippen LogP contribution in [0.3, 0.4) is 0 Å². The Morgan fingerprint density at radius 3 is 1.83 bits per heavy atom. The average Bonchev–Trinajstić information content (AvgIpc) is 3.64. The third-order valence-corrected chi connectivity index (χ3v) is 10.2. The summed E-state index contributed by atoms with van der Waals surface area (Å²) in [4.78, 5) is 106. The molecule has 0 bridgehead atoms. The van der Waals surface area contributed by atoms with Gasteiger partial charge in [0.25, 0.3) is 0 Å². The first-order valence-electron chi connectivity index (χ1n) is 20.6. The maximum Gasteiger partial charge on any atom is 0.326 e. The number of carbonyl (C=O) groups is 8. The molecule has 0 radical (unpaired) electrons. The van der Waals surface area contributed by atoms with Crippen molar-refractivity contribution in [1.29, 1.82) is 0 Å². The summed E-state index contributed by atoms with van der Waals surface area (Å²) < 4.78 is 0. The summed E-state index contributed by atoms with van der Waals surface area (Å²) in [5.74, 6) is -6.62. The minimum atomic E-state index is -1.57. The number of aliphatic hydroxyl groups excluding tert-OH is 1. The zero-order valence-electron chi connectivity index (χ0n) is 35.4. The van der Waals surface area contributed by atoms with Gasteiger partial charge in [-0.05, 0) is 76.2 Å². The Hall–Kier alpha value is -4.36. The van der Waals surface area contributed by atoms with Gasteiger partial charge >= 0.3 is 5.97 Å². The zero-order chi connectivity index (χ0) is 44.3. The molecule has 0 spiro atoms. The van der Waals surface area contributed by atoms with Crippen molar-refractivity contribution >= 4 is 47.3 Å². The quantitative estimate of drug-likeness (QED) is 0.0452. The monoisotopic (exact) mass is 826 g/mol. The van der Waals surface area contributed by atoms with E-state index in [1.54, 1.807) is 13.8 Å². The van der Waals surface area contributed by atoms with Crippen LogP contribution in [0.4, 0.5) is 0 Å². The number of aliphatic carboxylic acids is 1. The molecule has 1 heterocycles. The van der Waals surface area contributed by atoms with Gasteiger partial charge in [0.15, 0.2) is 0 Å². The summed E-state index contributed by atoms with van der Waals surface area (Å²) in [5, 5.41) is 33.5. The fraction of sp³-hybridized carbons (Fsp3) is 0.795. The second-order valence-electron chi connectivity index (χ2n) is 16.3. The van der Waals surface area contributed by atoms with Crippen molar-refractivity contribution in [2.45, 2.75) is 167 Å². The van der Waals surface area contributed by atoms with Gasteiger partial charge in [-0.25, -0.2) is 4.79 Å². The molecule has 0 aromatic carbocycles. The summed E-state index contributed by atoms with van der Waals surface area (Å²) in [6.07, 6.45) is 1.87. The molecule has 0 unspecified atom stereocenters. The standard InChI is InChI=1S/C39H71N9O10/c1-8-23(6)31(46-34(52)27(19-21(2)3)44-33(51)25(41)15-16-30(42)50)36(54)47-32(24(7)49)37(55)43-26(13-10-9-11-17-40)38(56)48-18-12-14-29(48)35(53)45-28(39(57)58)20-22(4)5/h21-29,31-32,49H,8-20,40-41H2,1-7H3,(H2,42,50)(H,43,55)(H,44,51)(H,45,53)(H,46,52)(H,47,54)(H,57,58)/t23-,24+,25-,26-,27-,28-,29-,31-,32-/m0/s1. The predicted molar refractivity (Wildman–Crippen MR) is 216 cm³/mol. The second kappa shape index (κ2) is 25.9. The smallest absolute Gasteiger partial charge is 0.326 e. The number of rotatable bonds is 27. The topological polar surface area (TPSA) is 318 Å². The van der Waals surface area contributed by atoms with Crippen molar-refractivity contribution in [1.82, 2.24) is 31.5 Å². The van der Waals surface area contributed by atoms with E-state index in [9.17, 15) is 48.6 Å². The van der Waals surface area contributed by atoms with Crippen LogP contribution in [0.2, 0.25) is 0 Å². The zero-order valence-corrected chi connectivity index (χ0v) is 35.4. The molecule has 19 nitrogen and oxygen atoms in total. The highest BCUT2D eigenvalue weighted by molar-refractivity contribution is 5.97. The maximum absolute atomic E-state index is 14.1. The maximum atomic E-state index is 14.1. The van der Waals surface area contributed by atoms with Crippen LogP contribution in [-0.2, 0) is 38.4 Å². The van der Waals surface area contributed by atoms with Crippen LogP contribution in [0.5, 0.6) is 0 Å². The molecule has 58 heavy (non-hydrogen) atoms. The van der Waals surface area contributed by atoms with Crippen LogP contribution in [0, 0.1) is 17.8 Å². The van der Waals surface area contributed by atoms with E-state index in [4.69, 9.17) is 17.2 Å². The van der Waals surface area contributed by atoms with Crippen LogP contribution in [-0.4, -0.2) is 124 Å². The molecule has 9 atom stereocenters. The van der Waals surface area contributed by atoms with Gasteiger partial charge in [-0.2, -0.15) is 0 Å². The molecule has 1 rings (SSSR count). The number of carboxylic acid groups (broad SMARTS) is 1. The summed E-state index contributed by atoms with van der Waals surface area (Å²) in [5.41, 5.74) is 16.8. The lowest BCUT2D eigenvalue weighted by Crippen LogP contribution is -2.62. The summed E-state index contributed by atoms with van der Waals surface area (Å²) in [7, 11) is 0. The van der Waals surface area contributed by atoms with Crippen molar-refractivity contribution < 1.29 is 48.6 Å². The number of nitrogens with two attached hydrogens (primary N) is 3. The van der Waals surface area contributed by atoms with Crippen molar-refractivity contribution in [2.24, 2.45) is 35.0 Å². The Balaban J connectivity index is 3.30. The number of carbonyl (C=O) groups excluding carboxylic acids is 7. The van der Waals surface area contributed by atoms with Crippen molar-refractivity contribution in [3.63, 3.8) is 0 Å². The minimum Gasteiger partial charge on any atom is -0.480 e. The summed E-state index contributed by atoms with van der Waals surface area (Å²) in [6, 6.07) is -8.28. The van der Waals surface area contributed by atoms with Crippen LogP contribution >= 0.6 is 0 Å². The molecule has 1 fully saturated rings. The number of carboxylic acids is 1. The summed E-state index contributed by atoms with van der Waals surface area (Å²) in [6.45, 7) is 12.7. The lowest BCUT2D eigenvalue weighted by Gasteiger charge is -2.32. The molecule has 0 aromatic heterocycles. The number of hydrogen-bond acceptors (Lipinski definition) is 11. The minimum absolute atomic E-state index is 0.0182. The molecule has 332 valence electrons. The fourth-order valence-electron chi connectivity index (χ4n) is 6.67. The first kappa shape index (κ1) is 51.7. The SMILES string of the molecule is CC[C@H](C)[C@H](NC(=O)[C@H](CC(C)C)NC(=O)[C@@H](N)CCC(N)=O)C(=O)N[C@H](C(=O)N[C@@H](CCCCCN)C(=O)N1CCC[C@H]1C(=O)N[C@@H](CC(C)C)C(=O)O)[C@@H](C)O. The van der Waals surface area contributed by atoms with Crippen LogP contribution < -0.4 is 43.8 Å². The molecule has 13 N–H and O–H groups in total. The molecular weight excluding hydrogens is 754 g/mol. The number of nitrogens with one attached hydrogen (secondary N) is 5. The highest BCUT2D eigenvalue weighted by Crippen LogP contribution is 2.21. The van der Waals surface area contributed by atoms with E-state index in [2.05, 4.69) is 26.6 Å². The molecule has 1 aliphatic heterocycles. The van der Waals surface area contributed by atoms with E-state index in [-0.39, 0.29) is 56.9 Å². The van der Waals surface area contributed by atoms with Crippen LogP contribution in [0.25, 0.3) is 0 Å². The lowest BCUT2D eigenvalue weighted by atomic mass is 9.96. The Morgan fingerprint density at radius 2 is 1.29 bits per heavy atom. The Morgan fingerprint density at radius 1 is 0.724 bits per heavy atom. The predicted octanol–water partition coefficient (Wildman–Crippen LogP) is -0.883. The van der Waals surface area contributed by atoms with E-state index in [1.807, 2.05) is 27.7 Å². The third kappa shape index (κ3) is 17.6. The van der Waals surface area contributed by atoms with Gasteiger partial charge in [0.1, 0.15) is 36.3 Å². The molecule has 1 aliphatic rings. The molecule has 1 saturated heterocycles. The number of primary amides is 1. The van der Waals surface area contributed by atoms with Crippen LogP contribution in [0.15, 0.2) is 0 Å².